The van der Waals surface area contributed by atoms with Crippen LogP contribution in [0, 0.1) is 23.3 Å². The van der Waals surface area contributed by atoms with E-state index in [1.807, 2.05) is 0 Å². The Hall–Kier alpha value is -3.35. The van der Waals surface area contributed by atoms with Gasteiger partial charge in [0.25, 0.3) is 0 Å². The average molecular weight is 376 g/mol. The fourth-order valence-electron chi connectivity index (χ4n) is 2.40. The highest BCUT2D eigenvalue weighted by atomic mass is 19.2. The summed E-state index contributed by atoms with van der Waals surface area (Å²) in [5.74, 6) is -6.23. The van der Waals surface area contributed by atoms with Gasteiger partial charge in [-0.3, -0.25) is 0 Å². The summed E-state index contributed by atoms with van der Waals surface area (Å²) in [6.07, 6.45) is 1.49. The topological polar surface area (TPSA) is 35.5 Å². The van der Waals surface area contributed by atoms with Gasteiger partial charge >= 0.3 is 5.97 Å². The molecular weight excluding hydrogens is 364 g/mol. The Balaban J connectivity index is 1.86. The van der Waals surface area contributed by atoms with Gasteiger partial charge in [0.05, 0.1) is 5.56 Å². The smallest absolute Gasteiger partial charge is 0.343 e. The van der Waals surface area contributed by atoms with Crippen molar-refractivity contribution in [2.45, 2.75) is 0 Å². The van der Waals surface area contributed by atoms with Crippen LogP contribution < -0.4 is 9.47 Å². The van der Waals surface area contributed by atoms with Crippen molar-refractivity contribution in [1.29, 1.82) is 0 Å². The van der Waals surface area contributed by atoms with Crippen LogP contribution in [0.4, 0.5) is 17.6 Å². The van der Waals surface area contributed by atoms with Crippen molar-refractivity contribution in [2.24, 2.45) is 0 Å². The van der Waals surface area contributed by atoms with E-state index in [4.69, 9.17) is 9.47 Å². The maximum absolute atomic E-state index is 14.0. The summed E-state index contributed by atoms with van der Waals surface area (Å²) in [5, 5.41) is -0.227. The summed E-state index contributed by atoms with van der Waals surface area (Å²) in [4.78, 5) is 12.2. The third-order valence-electron chi connectivity index (χ3n) is 3.68. The molecule has 27 heavy (non-hydrogen) atoms. The number of hydrogen-bond acceptors (Lipinski definition) is 3. The van der Waals surface area contributed by atoms with Crippen molar-refractivity contribution in [3.8, 4) is 11.5 Å². The van der Waals surface area contributed by atoms with E-state index in [1.165, 1.54) is 24.3 Å². The van der Waals surface area contributed by atoms with Gasteiger partial charge in [-0.25, -0.2) is 22.4 Å². The number of halogens is 4. The molecule has 0 N–H and O–H groups in total. The van der Waals surface area contributed by atoms with Crippen LogP contribution >= 0.6 is 0 Å². The Morgan fingerprint density at radius 3 is 2.44 bits per heavy atom. The van der Waals surface area contributed by atoms with Gasteiger partial charge in [-0.1, -0.05) is 18.7 Å². The van der Waals surface area contributed by atoms with Crippen LogP contribution in [0.25, 0.3) is 10.8 Å². The van der Waals surface area contributed by atoms with E-state index in [-0.39, 0.29) is 34.4 Å². The summed E-state index contributed by atoms with van der Waals surface area (Å²) >= 11 is 0. The summed E-state index contributed by atoms with van der Waals surface area (Å²) < 4.78 is 64.5. The van der Waals surface area contributed by atoms with E-state index in [0.717, 1.165) is 24.3 Å². The predicted octanol–water partition coefficient (Wildman–Crippen LogP) is 5.18. The van der Waals surface area contributed by atoms with Gasteiger partial charge < -0.3 is 9.47 Å². The molecule has 3 nitrogen and oxygen atoms in total. The third-order valence-corrected chi connectivity index (χ3v) is 3.68. The van der Waals surface area contributed by atoms with Crippen molar-refractivity contribution in [3.05, 3.63) is 84.0 Å². The van der Waals surface area contributed by atoms with Gasteiger partial charge in [0, 0.05) is 11.5 Å². The highest BCUT2D eigenvalue weighted by molar-refractivity contribution is 5.96. The van der Waals surface area contributed by atoms with Gasteiger partial charge in [0.2, 0.25) is 0 Å². The molecule has 0 spiro atoms. The van der Waals surface area contributed by atoms with Crippen LogP contribution in [-0.2, 0) is 0 Å². The highest BCUT2D eigenvalue weighted by Gasteiger charge is 2.17. The number of ether oxygens (including phenoxy) is 2. The van der Waals surface area contributed by atoms with Crippen molar-refractivity contribution >= 4 is 16.7 Å². The van der Waals surface area contributed by atoms with E-state index in [1.54, 1.807) is 0 Å². The third kappa shape index (κ3) is 3.76. The van der Waals surface area contributed by atoms with Gasteiger partial charge in [-0.05, 0) is 35.7 Å². The van der Waals surface area contributed by atoms with Crippen LogP contribution in [0.15, 0.2) is 55.1 Å². The number of carbonyl (C=O) groups is 1. The number of fused-ring (bicyclic) bond motifs is 1. The first-order valence-corrected chi connectivity index (χ1v) is 7.73. The first kappa shape index (κ1) is 18.4. The predicted molar refractivity (Wildman–Crippen MR) is 90.9 cm³/mol. The number of benzene rings is 3. The maximum atomic E-state index is 14.0. The number of carbonyl (C=O) groups excluding carboxylic acids is 1. The van der Waals surface area contributed by atoms with E-state index in [2.05, 4.69) is 6.58 Å². The Morgan fingerprint density at radius 2 is 1.74 bits per heavy atom. The molecule has 0 aromatic heterocycles. The molecule has 0 heterocycles. The summed E-state index contributed by atoms with van der Waals surface area (Å²) in [6.45, 7) is 3.65. The zero-order valence-electron chi connectivity index (χ0n) is 13.8. The fraction of sp³-hybridized carbons (Fsp3) is 0.0500. The van der Waals surface area contributed by atoms with E-state index >= 15 is 0 Å². The Kier molecular flexibility index (Phi) is 5.12. The molecule has 0 atom stereocenters. The first-order chi connectivity index (χ1) is 12.9. The molecular formula is C20H12F4O3. The van der Waals surface area contributed by atoms with Crippen LogP contribution in [0.5, 0.6) is 11.5 Å². The molecule has 0 aliphatic carbocycles. The van der Waals surface area contributed by atoms with Gasteiger partial charge in [0.15, 0.2) is 29.0 Å². The van der Waals surface area contributed by atoms with Crippen LogP contribution in [0.3, 0.4) is 0 Å². The molecule has 0 saturated carbocycles. The first-order valence-electron chi connectivity index (χ1n) is 7.73. The second-order valence-corrected chi connectivity index (χ2v) is 5.50. The molecule has 3 rings (SSSR count). The van der Waals surface area contributed by atoms with Gasteiger partial charge in [-0.15, -0.1) is 0 Å². The molecule has 7 heteroatoms. The number of rotatable bonds is 5. The Labute approximate surface area is 151 Å². The Bertz CT molecular complexity index is 1050. The minimum Gasteiger partial charge on any atom is -0.489 e. The molecule has 0 unspecified atom stereocenters. The summed E-state index contributed by atoms with van der Waals surface area (Å²) in [6, 6.07) is 7.83. The molecule has 3 aromatic carbocycles. The van der Waals surface area contributed by atoms with Crippen LogP contribution in [0.2, 0.25) is 0 Å². The molecule has 0 saturated heterocycles. The standard InChI is InChI=1S/C20H12F4O3/c1-2-7-26-13-4-6-17(15(21)10-13)27-20(25)11-3-5-14-12(8-11)9-16(22)19(24)18(14)23/h2-6,8-10H,1,7H2. The Morgan fingerprint density at radius 1 is 0.963 bits per heavy atom. The van der Waals surface area contributed by atoms with Gasteiger partial charge in [-0.2, -0.15) is 0 Å². The molecule has 0 bridgehead atoms. The highest BCUT2D eigenvalue weighted by Crippen LogP contribution is 2.26. The molecule has 0 amide bonds. The normalized spacial score (nSPS) is 10.7. The summed E-state index contributed by atoms with van der Waals surface area (Å²) in [7, 11) is 0. The molecule has 138 valence electrons. The zero-order valence-corrected chi connectivity index (χ0v) is 13.8. The number of hydrogen-bond donors (Lipinski definition) is 0. The fourth-order valence-corrected chi connectivity index (χ4v) is 2.40. The van der Waals surface area contributed by atoms with Crippen molar-refractivity contribution in [3.63, 3.8) is 0 Å². The van der Waals surface area contributed by atoms with E-state index in [0.29, 0.717) is 0 Å². The zero-order chi connectivity index (χ0) is 19.6. The average Bonchev–Trinajstić information content (AvgIpc) is 2.66. The minimum absolute atomic E-state index is 0.0329. The molecule has 0 aliphatic rings. The van der Waals surface area contributed by atoms with E-state index in [9.17, 15) is 22.4 Å². The van der Waals surface area contributed by atoms with Crippen LogP contribution in [-0.4, -0.2) is 12.6 Å². The lowest BCUT2D eigenvalue weighted by atomic mass is 10.1. The minimum atomic E-state index is -1.60. The monoisotopic (exact) mass is 376 g/mol. The molecule has 0 radical (unpaired) electrons. The number of esters is 1. The lowest BCUT2D eigenvalue weighted by molar-refractivity contribution is 0.0727. The quantitative estimate of drug-likeness (QED) is 0.202. The van der Waals surface area contributed by atoms with Crippen molar-refractivity contribution in [1.82, 2.24) is 0 Å². The van der Waals surface area contributed by atoms with Gasteiger partial charge in [0.1, 0.15) is 12.4 Å². The van der Waals surface area contributed by atoms with Crippen molar-refractivity contribution in [2.75, 3.05) is 6.61 Å². The molecule has 0 aliphatic heterocycles. The second-order valence-electron chi connectivity index (χ2n) is 5.50. The molecule has 3 aromatic rings. The maximum Gasteiger partial charge on any atom is 0.343 e. The largest absolute Gasteiger partial charge is 0.489 e. The second kappa shape index (κ2) is 7.49. The molecule has 0 fully saturated rings. The van der Waals surface area contributed by atoms with Crippen LogP contribution in [0.1, 0.15) is 10.4 Å². The summed E-state index contributed by atoms with van der Waals surface area (Å²) in [5.41, 5.74) is -0.0840. The SMILES string of the molecule is C=CCOc1ccc(OC(=O)c2ccc3c(F)c(F)c(F)cc3c2)c(F)c1. The van der Waals surface area contributed by atoms with Crippen molar-refractivity contribution < 1.29 is 31.8 Å². The lowest BCUT2D eigenvalue weighted by Gasteiger charge is -2.09. The van der Waals surface area contributed by atoms with E-state index < -0.39 is 29.2 Å². The lowest BCUT2D eigenvalue weighted by Crippen LogP contribution is -2.10.